The SMILES string of the molecule is NC(Cc1ccc(O)cc1)C(=O)NC(Cc1ccc(O)cc1)C(=O)NC(CO)C(=O)O. The topological polar surface area (TPSA) is 182 Å². The number of aromatic hydroxyl groups is 2. The number of amides is 2. The van der Waals surface area contributed by atoms with Crippen molar-refractivity contribution in [3.05, 3.63) is 59.7 Å². The zero-order valence-corrected chi connectivity index (χ0v) is 16.6. The first kappa shape index (κ1) is 23.6. The lowest BCUT2D eigenvalue weighted by molar-refractivity contribution is -0.143. The Morgan fingerprint density at radius 2 is 1.23 bits per heavy atom. The van der Waals surface area contributed by atoms with Crippen LogP contribution in [0.25, 0.3) is 0 Å². The van der Waals surface area contributed by atoms with Gasteiger partial charge in [-0.15, -0.1) is 0 Å². The van der Waals surface area contributed by atoms with Crippen LogP contribution in [0.15, 0.2) is 48.5 Å². The van der Waals surface area contributed by atoms with Gasteiger partial charge in [0.25, 0.3) is 0 Å². The second kappa shape index (κ2) is 11.0. The summed E-state index contributed by atoms with van der Waals surface area (Å²) in [5, 5.41) is 41.6. The maximum Gasteiger partial charge on any atom is 0.328 e. The normalized spacial score (nSPS) is 13.6. The summed E-state index contributed by atoms with van der Waals surface area (Å²) >= 11 is 0. The fourth-order valence-electron chi connectivity index (χ4n) is 2.79. The second-order valence-corrected chi connectivity index (χ2v) is 6.99. The molecule has 3 unspecified atom stereocenters. The number of benzene rings is 2. The molecule has 3 atom stereocenters. The lowest BCUT2D eigenvalue weighted by Gasteiger charge is -2.22. The molecule has 0 heterocycles. The number of aliphatic hydroxyl groups is 1. The highest BCUT2D eigenvalue weighted by Gasteiger charge is 2.28. The van der Waals surface area contributed by atoms with Crippen LogP contribution in [-0.4, -0.2) is 62.9 Å². The van der Waals surface area contributed by atoms with Gasteiger partial charge in [0.1, 0.15) is 23.6 Å². The standard InChI is InChI=1S/C21H25N3O7/c22-16(9-12-1-5-14(26)6-2-12)19(28)23-17(10-13-3-7-15(27)8-4-13)20(29)24-18(11-25)21(30)31/h1-8,16-18,25-27H,9-11,22H2,(H,23,28)(H,24,29)(H,30,31). The van der Waals surface area contributed by atoms with E-state index >= 15 is 0 Å². The van der Waals surface area contributed by atoms with E-state index in [0.717, 1.165) is 0 Å². The fourth-order valence-corrected chi connectivity index (χ4v) is 2.79. The van der Waals surface area contributed by atoms with Crippen molar-refractivity contribution in [2.75, 3.05) is 6.61 Å². The van der Waals surface area contributed by atoms with Gasteiger partial charge in [0.2, 0.25) is 11.8 Å². The van der Waals surface area contributed by atoms with Gasteiger partial charge in [0, 0.05) is 6.42 Å². The quantitative estimate of drug-likeness (QED) is 0.256. The fraction of sp³-hybridized carbons (Fsp3) is 0.286. The molecule has 0 bridgehead atoms. The molecule has 0 aromatic heterocycles. The molecular weight excluding hydrogens is 406 g/mol. The first-order valence-electron chi connectivity index (χ1n) is 9.45. The minimum Gasteiger partial charge on any atom is -0.508 e. The molecule has 0 aliphatic rings. The Labute approximate surface area is 178 Å². The Morgan fingerprint density at radius 3 is 1.68 bits per heavy atom. The average Bonchev–Trinajstić information content (AvgIpc) is 2.74. The van der Waals surface area contributed by atoms with E-state index in [2.05, 4.69) is 10.6 Å². The number of phenols is 2. The zero-order valence-electron chi connectivity index (χ0n) is 16.6. The predicted molar refractivity (Wildman–Crippen MR) is 110 cm³/mol. The summed E-state index contributed by atoms with van der Waals surface area (Å²) in [7, 11) is 0. The summed E-state index contributed by atoms with van der Waals surface area (Å²) < 4.78 is 0. The molecule has 0 spiro atoms. The van der Waals surface area contributed by atoms with Gasteiger partial charge in [0.05, 0.1) is 12.6 Å². The maximum absolute atomic E-state index is 12.6. The van der Waals surface area contributed by atoms with Gasteiger partial charge in [0.15, 0.2) is 0 Å². The predicted octanol–water partition coefficient (Wildman–Crippen LogP) is -0.743. The summed E-state index contributed by atoms with van der Waals surface area (Å²) in [6, 6.07) is 8.37. The van der Waals surface area contributed by atoms with Crippen LogP contribution in [0, 0.1) is 0 Å². The van der Waals surface area contributed by atoms with Crippen LogP contribution in [0.2, 0.25) is 0 Å². The van der Waals surface area contributed by atoms with Gasteiger partial charge in [-0.2, -0.15) is 0 Å². The second-order valence-electron chi connectivity index (χ2n) is 6.99. The third kappa shape index (κ3) is 7.28. The lowest BCUT2D eigenvalue weighted by atomic mass is 10.0. The summed E-state index contributed by atoms with van der Waals surface area (Å²) in [5.41, 5.74) is 7.25. The van der Waals surface area contributed by atoms with E-state index in [-0.39, 0.29) is 24.3 Å². The van der Waals surface area contributed by atoms with Crippen molar-refractivity contribution in [2.24, 2.45) is 5.73 Å². The Hall–Kier alpha value is -3.63. The van der Waals surface area contributed by atoms with Gasteiger partial charge < -0.3 is 36.8 Å². The number of carbonyl (C=O) groups excluding carboxylic acids is 2. The van der Waals surface area contributed by atoms with Crippen molar-refractivity contribution >= 4 is 17.8 Å². The van der Waals surface area contributed by atoms with E-state index < -0.39 is 42.5 Å². The van der Waals surface area contributed by atoms with Gasteiger partial charge in [-0.05, 0) is 41.8 Å². The minimum atomic E-state index is -1.53. The third-order valence-electron chi connectivity index (χ3n) is 4.54. The molecule has 0 saturated heterocycles. The molecule has 8 N–H and O–H groups in total. The average molecular weight is 431 g/mol. The number of aliphatic hydroxyl groups excluding tert-OH is 1. The molecule has 0 radical (unpaired) electrons. The molecule has 166 valence electrons. The van der Waals surface area contributed by atoms with Crippen LogP contribution in [0.4, 0.5) is 0 Å². The van der Waals surface area contributed by atoms with Gasteiger partial charge in [-0.25, -0.2) is 4.79 Å². The molecule has 0 fully saturated rings. The number of aliphatic carboxylic acids is 1. The number of rotatable bonds is 10. The number of nitrogens with one attached hydrogen (secondary N) is 2. The van der Waals surface area contributed by atoms with Gasteiger partial charge in [-0.3, -0.25) is 9.59 Å². The molecule has 2 amide bonds. The summed E-state index contributed by atoms with van der Waals surface area (Å²) in [6.07, 6.45) is 0.148. The summed E-state index contributed by atoms with van der Waals surface area (Å²) in [5.74, 6) is -2.77. The largest absolute Gasteiger partial charge is 0.508 e. The molecule has 2 aromatic carbocycles. The third-order valence-corrected chi connectivity index (χ3v) is 4.54. The van der Waals surface area contributed by atoms with Crippen LogP contribution >= 0.6 is 0 Å². The van der Waals surface area contributed by atoms with E-state index in [1.54, 1.807) is 24.3 Å². The molecule has 10 nitrogen and oxygen atoms in total. The number of phenolic OH excluding ortho intramolecular Hbond substituents is 2. The zero-order chi connectivity index (χ0) is 23.0. The molecule has 31 heavy (non-hydrogen) atoms. The molecule has 2 aromatic rings. The van der Waals surface area contributed by atoms with Crippen molar-refractivity contribution in [1.29, 1.82) is 0 Å². The molecule has 0 saturated carbocycles. The number of nitrogens with two attached hydrogens (primary N) is 1. The van der Waals surface area contributed by atoms with Crippen LogP contribution in [0.3, 0.4) is 0 Å². The number of carbonyl (C=O) groups is 3. The first-order valence-corrected chi connectivity index (χ1v) is 9.45. The number of carboxylic acid groups (broad SMARTS) is 1. The minimum absolute atomic E-state index is 0.00154. The molecule has 0 aliphatic heterocycles. The maximum atomic E-state index is 12.6. The van der Waals surface area contributed by atoms with Crippen LogP contribution in [0.1, 0.15) is 11.1 Å². The van der Waals surface area contributed by atoms with Crippen LogP contribution in [0.5, 0.6) is 11.5 Å². The van der Waals surface area contributed by atoms with Crippen molar-refractivity contribution in [3.8, 4) is 11.5 Å². The lowest BCUT2D eigenvalue weighted by Crippen LogP contribution is -2.56. The Balaban J connectivity index is 2.12. The van der Waals surface area contributed by atoms with Crippen LogP contribution < -0.4 is 16.4 Å². The Bertz CT molecular complexity index is 900. The van der Waals surface area contributed by atoms with Gasteiger partial charge in [-0.1, -0.05) is 24.3 Å². The number of hydrogen-bond acceptors (Lipinski definition) is 7. The first-order chi connectivity index (χ1) is 14.7. The van der Waals surface area contributed by atoms with Crippen molar-refractivity contribution in [2.45, 2.75) is 31.0 Å². The number of hydrogen-bond donors (Lipinski definition) is 7. The molecular formula is C21H25N3O7. The van der Waals surface area contributed by atoms with E-state index in [1.807, 2.05) is 0 Å². The van der Waals surface area contributed by atoms with E-state index in [1.165, 1.54) is 24.3 Å². The molecule has 10 heteroatoms. The highest BCUT2D eigenvalue weighted by Crippen LogP contribution is 2.13. The molecule has 0 aliphatic carbocycles. The van der Waals surface area contributed by atoms with E-state index in [0.29, 0.717) is 11.1 Å². The van der Waals surface area contributed by atoms with Crippen molar-refractivity contribution in [1.82, 2.24) is 10.6 Å². The highest BCUT2D eigenvalue weighted by atomic mass is 16.4. The number of carboxylic acids is 1. The Kier molecular flexibility index (Phi) is 8.35. The molecule has 2 rings (SSSR count). The van der Waals surface area contributed by atoms with Crippen molar-refractivity contribution in [3.63, 3.8) is 0 Å². The van der Waals surface area contributed by atoms with Crippen molar-refractivity contribution < 1.29 is 34.8 Å². The van der Waals surface area contributed by atoms with E-state index in [9.17, 15) is 24.6 Å². The van der Waals surface area contributed by atoms with Crippen LogP contribution in [-0.2, 0) is 27.2 Å². The summed E-state index contributed by atoms with van der Waals surface area (Å²) in [4.78, 5) is 36.3. The highest BCUT2D eigenvalue weighted by molar-refractivity contribution is 5.92. The smallest absolute Gasteiger partial charge is 0.328 e. The summed E-state index contributed by atoms with van der Waals surface area (Å²) in [6.45, 7) is -0.818. The van der Waals surface area contributed by atoms with Gasteiger partial charge >= 0.3 is 5.97 Å². The Morgan fingerprint density at radius 1 is 0.774 bits per heavy atom. The monoisotopic (exact) mass is 431 g/mol. The van der Waals surface area contributed by atoms with E-state index in [4.69, 9.17) is 15.9 Å².